The maximum Gasteiger partial charge on any atom is 1.00 e. The van der Waals surface area contributed by atoms with E-state index in [2.05, 4.69) is 25.6 Å². The zero-order chi connectivity index (χ0) is 18.6. The molecular formula is C20H20N5NaO2. The molecule has 3 fully saturated rings. The van der Waals surface area contributed by atoms with Crippen LogP contribution >= 0.6 is 0 Å². The summed E-state index contributed by atoms with van der Waals surface area (Å²) in [7, 11) is 0. The number of aromatic nitrogens is 4. The van der Waals surface area contributed by atoms with Crippen molar-refractivity contribution in [1.29, 1.82) is 5.26 Å². The second-order valence-corrected chi connectivity index (χ2v) is 8.20. The predicted octanol–water partition coefficient (Wildman–Crippen LogP) is -0.828. The van der Waals surface area contributed by atoms with Gasteiger partial charge in [-0.2, -0.15) is 5.26 Å². The van der Waals surface area contributed by atoms with Gasteiger partial charge in [-0.3, -0.25) is 0 Å². The Hall–Kier alpha value is -1.88. The van der Waals surface area contributed by atoms with E-state index in [1.807, 2.05) is 12.3 Å². The standard InChI is InChI=1S/C20H21N5O2.Na/c21-9-8-19-2-5-20(6-3-19,7-4-19)25-15(11-16(26)27)24-14-12-23-18-13(17(14)25)1-10-22-18;/h1,10,12H,2-8,11H2,(H,22,23)(H,26,27);/q;+1/p-1. The SMILES string of the molecule is N#CCC12CCC(n3c(CC(=O)[O-])nc4cnc5[nH]ccc5c43)(CC1)CC2.[Na+]. The fourth-order valence-electron chi connectivity index (χ4n) is 5.39. The summed E-state index contributed by atoms with van der Waals surface area (Å²) in [5.74, 6) is -0.568. The first kappa shape index (κ1) is 19.4. The van der Waals surface area contributed by atoms with Crippen molar-refractivity contribution in [2.75, 3.05) is 0 Å². The van der Waals surface area contributed by atoms with Crippen LogP contribution in [0.25, 0.3) is 22.1 Å². The van der Waals surface area contributed by atoms with Gasteiger partial charge >= 0.3 is 29.6 Å². The van der Waals surface area contributed by atoms with Crippen LogP contribution in [0.5, 0.6) is 0 Å². The number of carboxylic acid groups (broad SMARTS) is 1. The van der Waals surface area contributed by atoms with Crippen LogP contribution in [0.3, 0.4) is 0 Å². The molecule has 6 rings (SSSR count). The third kappa shape index (κ3) is 2.78. The summed E-state index contributed by atoms with van der Waals surface area (Å²) < 4.78 is 2.19. The maximum absolute atomic E-state index is 11.4. The predicted molar refractivity (Wildman–Crippen MR) is 96.4 cm³/mol. The van der Waals surface area contributed by atoms with Crippen LogP contribution in [-0.4, -0.2) is 25.5 Å². The van der Waals surface area contributed by atoms with E-state index in [0.717, 1.165) is 60.6 Å². The van der Waals surface area contributed by atoms with E-state index in [4.69, 9.17) is 0 Å². The van der Waals surface area contributed by atoms with Crippen LogP contribution in [0, 0.1) is 16.7 Å². The van der Waals surface area contributed by atoms with Crippen LogP contribution in [0.4, 0.5) is 0 Å². The fourth-order valence-corrected chi connectivity index (χ4v) is 5.39. The van der Waals surface area contributed by atoms with Crippen molar-refractivity contribution in [2.45, 2.75) is 56.9 Å². The normalized spacial score (nSPS) is 26.2. The van der Waals surface area contributed by atoms with Gasteiger partial charge in [-0.1, -0.05) is 0 Å². The molecule has 0 unspecified atom stereocenters. The number of fused-ring (bicyclic) bond motifs is 6. The molecule has 7 nitrogen and oxygen atoms in total. The second kappa shape index (κ2) is 6.87. The Balaban J connectivity index is 0.00000192. The van der Waals surface area contributed by atoms with Crippen LogP contribution < -0.4 is 34.7 Å². The van der Waals surface area contributed by atoms with Gasteiger partial charge in [0.2, 0.25) is 0 Å². The Morgan fingerprint density at radius 2 is 2.00 bits per heavy atom. The minimum atomic E-state index is -1.12. The molecule has 138 valence electrons. The number of nitriles is 1. The van der Waals surface area contributed by atoms with Crippen LogP contribution in [0.15, 0.2) is 18.5 Å². The van der Waals surface area contributed by atoms with Crippen LogP contribution in [0.2, 0.25) is 0 Å². The van der Waals surface area contributed by atoms with Gasteiger partial charge in [0, 0.05) is 35.9 Å². The third-order valence-electron chi connectivity index (χ3n) is 6.86. The molecule has 0 spiro atoms. The number of imidazole rings is 1. The third-order valence-corrected chi connectivity index (χ3v) is 6.86. The molecule has 2 bridgehead atoms. The Kier molecular flexibility index (Phi) is 4.77. The van der Waals surface area contributed by atoms with Gasteiger partial charge in [0.15, 0.2) is 0 Å². The maximum atomic E-state index is 11.4. The minimum Gasteiger partial charge on any atom is -0.550 e. The number of nitrogens with one attached hydrogen (secondary N) is 1. The summed E-state index contributed by atoms with van der Waals surface area (Å²) in [6.07, 6.45) is 9.86. The molecule has 1 N–H and O–H groups in total. The molecule has 0 aliphatic heterocycles. The Labute approximate surface area is 184 Å². The van der Waals surface area contributed by atoms with Crippen molar-refractivity contribution >= 4 is 28.0 Å². The summed E-state index contributed by atoms with van der Waals surface area (Å²) in [4.78, 5) is 23.6. The number of carbonyl (C=O) groups excluding carboxylic acids is 1. The smallest absolute Gasteiger partial charge is 0.550 e. The molecule has 0 saturated heterocycles. The van der Waals surface area contributed by atoms with Crippen molar-refractivity contribution in [3.05, 3.63) is 24.3 Å². The van der Waals surface area contributed by atoms with Gasteiger partial charge in [0.05, 0.1) is 17.8 Å². The first-order valence-electron chi connectivity index (χ1n) is 9.47. The van der Waals surface area contributed by atoms with Gasteiger partial charge < -0.3 is 19.5 Å². The average molecular weight is 385 g/mol. The number of carbonyl (C=O) groups is 1. The van der Waals surface area contributed by atoms with E-state index < -0.39 is 5.97 Å². The number of hydrogen-bond donors (Lipinski definition) is 1. The monoisotopic (exact) mass is 385 g/mol. The van der Waals surface area contributed by atoms with Gasteiger partial charge in [0.1, 0.15) is 17.0 Å². The number of rotatable bonds is 4. The Bertz CT molecular complexity index is 1080. The second-order valence-electron chi connectivity index (χ2n) is 8.20. The van der Waals surface area contributed by atoms with E-state index in [1.54, 1.807) is 6.20 Å². The summed E-state index contributed by atoms with van der Waals surface area (Å²) in [5.41, 5.74) is 2.49. The molecule has 3 aromatic rings. The van der Waals surface area contributed by atoms with Crippen LogP contribution in [-0.2, 0) is 16.8 Å². The van der Waals surface area contributed by atoms with Crippen molar-refractivity contribution in [3.63, 3.8) is 0 Å². The molecule has 8 heteroatoms. The topological polar surface area (TPSA) is 110 Å². The summed E-state index contributed by atoms with van der Waals surface area (Å²) in [6.45, 7) is 0. The molecule has 0 aromatic carbocycles. The number of pyridine rings is 1. The number of aliphatic carboxylic acids is 1. The van der Waals surface area contributed by atoms with Crippen LogP contribution in [0.1, 0.15) is 50.8 Å². The first-order valence-corrected chi connectivity index (χ1v) is 9.47. The van der Waals surface area contributed by atoms with Crippen molar-refractivity contribution in [1.82, 2.24) is 19.5 Å². The van der Waals surface area contributed by atoms with E-state index in [9.17, 15) is 15.2 Å². The molecule has 28 heavy (non-hydrogen) atoms. The molecule has 0 amide bonds. The molecular weight excluding hydrogens is 365 g/mol. The number of carboxylic acids is 1. The van der Waals surface area contributed by atoms with E-state index in [-0.39, 0.29) is 46.9 Å². The quantitative estimate of drug-likeness (QED) is 0.590. The first-order chi connectivity index (χ1) is 13.1. The molecule has 0 radical (unpaired) electrons. The van der Waals surface area contributed by atoms with Gasteiger partial charge in [-0.25, -0.2) is 9.97 Å². The minimum absolute atomic E-state index is 0. The molecule has 3 heterocycles. The summed E-state index contributed by atoms with van der Waals surface area (Å²) in [6, 6.07) is 4.35. The summed E-state index contributed by atoms with van der Waals surface area (Å²) >= 11 is 0. The van der Waals surface area contributed by atoms with E-state index >= 15 is 0 Å². The Morgan fingerprint density at radius 3 is 2.64 bits per heavy atom. The van der Waals surface area contributed by atoms with Crippen molar-refractivity contribution < 1.29 is 39.5 Å². The molecule has 3 aliphatic rings. The molecule has 3 saturated carbocycles. The fraction of sp³-hybridized carbons (Fsp3) is 0.500. The molecule has 3 aliphatic carbocycles. The van der Waals surface area contributed by atoms with E-state index in [1.165, 1.54) is 0 Å². The van der Waals surface area contributed by atoms with E-state index in [0.29, 0.717) is 12.2 Å². The van der Waals surface area contributed by atoms with Gasteiger partial charge in [-0.15, -0.1) is 0 Å². The number of nitrogens with zero attached hydrogens (tertiary/aromatic N) is 4. The van der Waals surface area contributed by atoms with Gasteiger partial charge in [0.25, 0.3) is 0 Å². The summed E-state index contributed by atoms with van der Waals surface area (Å²) in [5, 5.41) is 21.6. The van der Waals surface area contributed by atoms with Gasteiger partial charge in [-0.05, 0) is 50.0 Å². The van der Waals surface area contributed by atoms with Crippen molar-refractivity contribution in [2.24, 2.45) is 5.41 Å². The zero-order valence-corrected chi connectivity index (χ0v) is 18.0. The number of H-pyrrole nitrogens is 1. The van der Waals surface area contributed by atoms with Crippen molar-refractivity contribution in [3.8, 4) is 6.07 Å². The number of aromatic amines is 1. The largest absolute Gasteiger partial charge is 1.00 e. The number of hydrogen-bond acceptors (Lipinski definition) is 5. The molecule has 0 atom stereocenters. The average Bonchev–Trinajstić information content (AvgIpc) is 3.26. The Morgan fingerprint density at radius 1 is 1.29 bits per heavy atom. The molecule has 3 aromatic heterocycles. The zero-order valence-electron chi connectivity index (χ0n) is 16.0.